The molecule has 1 atom stereocenters. The van der Waals surface area contributed by atoms with Gasteiger partial charge in [-0.3, -0.25) is 14.5 Å². The van der Waals surface area contributed by atoms with Crippen molar-refractivity contribution >= 4 is 68.8 Å². The molecule has 1 aliphatic rings. The number of rotatable bonds is 4. The number of nitrogens with zero attached hydrogens (tertiary/aromatic N) is 3. The normalized spacial score (nSPS) is 15.8. The van der Waals surface area contributed by atoms with Gasteiger partial charge in [-0.2, -0.15) is 0 Å². The zero-order valence-corrected chi connectivity index (χ0v) is 20.0. The lowest BCUT2D eigenvalue weighted by Crippen LogP contribution is -2.30. The maximum atomic E-state index is 13.6. The maximum absolute atomic E-state index is 13.6. The smallest absolute Gasteiger partial charge is 0.273 e. The fraction of sp³-hybridized carbons (Fsp3) is 0.227. The van der Waals surface area contributed by atoms with E-state index in [-0.39, 0.29) is 28.7 Å². The summed E-state index contributed by atoms with van der Waals surface area (Å²) in [6, 6.07) is 11.3. The van der Waals surface area contributed by atoms with Gasteiger partial charge in [0, 0.05) is 28.0 Å². The van der Waals surface area contributed by atoms with E-state index in [0.717, 1.165) is 0 Å². The molecule has 1 aliphatic heterocycles. The minimum absolute atomic E-state index is 0.206. The average molecular weight is 511 g/mol. The van der Waals surface area contributed by atoms with Crippen LogP contribution in [0, 0.1) is 6.92 Å². The van der Waals surface area contributed by atoms with Crippen LogP contribution >= 0.6 is 46.1 Å². The van der Waals surface area contributed by atoms with Crippen LogP contribution in [-0.4, -0.2) is 46.0 Å². The summed E-state index contributed by atoms with van der Waals surface area (Å²) < 4.78 is 0. The second-order valence-electron chi connectivity index (χ2n) is 7.34. The van der Waals surface area contributed by atoms with Crippen LogP contribution in [0.15, 0.2) is 42.5 Å². The SMILES string of the molecule is Cc1sc(N(C(=O)c2ccc(Cl)cc2Cl)c2ccc(Cl)cc2)nc1C(=O)N1CC[C@H](O)C1. The number of benzene rings is 2. The highest BCUT2D eigenvalue weighted by Crippen LogP contribution is 2.35. The van der Waals surface area contributed by atoms with E-state index in [0.29, 0.717) is 38.7 Å². The Morgan fingerprint density at radius 2 is 1.81 bits per heavy atom. The fourth-order valence-corrected chi connectivity index (χ4v) is 4.98. The van der Waals surface area contributed by atoms with E-state index >= 15 is 0 Å². The van der Waals surface area contributed by atoms with Gasteiger partial charge in [-0.05, 0) is 55.8 Å². The summed E-state index contributed by atoms with van der Waals surface area (Å²) in [5, 5.41) is 11.2. The minimum atomic E-state index is -0.531. The summed E-state index contributed by atoms with van der Waals surface area (Å²) in [5.41, 5.74) is 1.03. The number of likely N-dealkylation sites (tertiary alicyclic amines) is 1. The number of aliphatic hydroxyl groups is 1. The number of aryl methyl sites for hydroxylation is 1. The van der Waals surface area contributed by atoms with Crippen molar-refractivity contribution in [3.8, 4) is 0 Å². The number of thiazole rings is 1. The van der Waals surface area contributed by atoms with Gasteiger partial charge < -0.3 is 10.0 Å². The number of anilines is 2. The predicted octanol–water partition coefficient (Wildman–Crippen LogP) is 5.60. The first-order valence-electron chi connectivity index (χ1n) is 9.74. The molecule has 0 aliphatic carbocycles. The van der Waals surface area contributed by atoms with E-state index in [1.807, 2.05) is 0 Å². The molecule has 2 aromatic carbocycles. The van der Waals surface area contributed by atoms with Gasteiger partial charge >= 0.3 is 0 Å². The number of aromatic nitrogens is 1. The highest BCUT2D eigenvalue weighted by atomic mass is 35.5. The van der Waals surface area contributed by atoms with Crippen LogP contribution in [0.5, 0.6) is 0 Å². The van der Waals surface area contributed by atoms with Crippen LogP contribution < -0.4 is 4.90 Å². The Labute approximate surface area is 204 Å². The van der Waals surface area contributed by atoms with Crippen molar-refractivity contribution in [2.45, 2.75) is 19.4 Å². The van der Waals surface area contributed by atoms with Gasteiger partial charge in [0.25, 0.3) is 11.8 Å². The highest BCUT2D eigenvalue weighted by Gasteiger charge is 2.31. The van der Waals surface area contributed by atoms with Crippen molar-refractivity contribution in [3.05, 3.63) is 73.7 Å². The van der Waals surface area contributed by atoms with Gasteiger partial charge in [-0.25, -0.2) is 4.98 Å². The zero-order valence-electron chi connectivity index (χ0n) is 16.9. The van der Waals surface area contributed by atoms with Crippen LogP contribution in [0.2, 0.25) is 15.1 Å². The topological polar surface area (TPSA) is 73.7 Å². The lowest BCUT2D eigenvalue weighted by Gasteiger charge is -2.21. The highest BCUT2D eigenvalue weighted by molar-refractivity contribution is 7.16. The fourth-order valence-electron chi connectivity index (χ4n) is 3.44. The molecule has 1 saturated heterocycles. The first kappa shape index (κ1) is 23.0. The third kappa shape index (κ3) is 4.63. The lowest BCUT2D eigenvalue weighted by molar-refractivity contribution is 0.0759. The van der Waals surface area contributed by atoms with Crippen LogP contribution in [0.3, 0.4) is 0 Å². The number of aliphatic hydroxyl groups excluding tert-OH is 1. The third-order valence-electron chi connectivity index (χ3n) is 5.08. The van der Waals surface area contributed by atoms with Gasteiger partial charge in [0.1, 0.15) is 5.69 Å². The largest absolute Gasteiger partial charge is 0.391 e. The molecule has 1 N–H and O–H groups in total. The molecule has 0 unspecified atom stereocenters. The molecule has 1 aromatic heterocycles. The quantitative estimate of drug-likeness (QED) is 0.496. The number of carbonyl (C=O) groups is 2. The first-order valence-corrected chi connectivity index (χ1v) is 11.7. The second kappa shape index (κ2) is 9.37. The zero-order chi connectivity index (χ0) is 23.0. The summed E-state index contributed by atoms with van der Waals surface area (Å²) in [4.78, 5) is 34.7. The number of carbonyl (C=O) groups excluding carboxylic acids is 2. The molecule has 4 rings (SSSR count). The van der Waals surface area contributed by atoms with Crippen molar-refractivity contribution in [1.82, 2.24) is 9.88 Å². The van der Waals surface area contributed by atoms with Crippen molar-refractivity contribution in [3.63, 3.8) is 0 Å². The second-order valence-corrected chi connectivity index (χ2v) is 9.80. The average Bonchev–Trinajstić information content (AvgIpc) is 3.35. The molecule has 0 saturated carbocycles. The van der Waals surface area contributed by atoms with E-state index in [2.05, 4.69) is 4.98 Å². The van der Waals surface area contributed by atoms with Crippen LogP contribution in [0.4, 0.5) is 10.8 Å². The number of amides is 2. The summed E-state index contributed by atoms with van der Waals surface area (Å²) in [7, 11) is 0. The molecule has 10 heteroatoms. The van der Waals surface area contributed by atoms with Gasteiger partial charge in [0.05, 0.1) is 22.4 Å². The van der Waals surface area contributed by atoms with Gasteiger partial charge in [-0.15, -0.1) is 11.3 Å². The van der Waals surface area contributed by atoms with E-state index < -0.39 is 12.0 Å². The lowest BCUT2D eigenvalue weighted by atomic mass is 10.2. The van der Waals surface area contributed by atoms with E-state index in [1.54, 1.807) is 48.2 Å². The first-order chi connectivity index (χ1) is 15.2. The molecule has 2 heterocycles. The number of β-amino-alcohol motifs (C(OH)–C–C–N with tert-alkyl or cyclic N) is 1. The van der Waals surface area contributed by atoms with Crippen molar-refractivity contribution in [2.24, 2.45) is 0 Å². The Bertz CT molecular complexity index is 1180. The molecule has 166 valence electrons. The molecular weight excluding hydrogens is 493 g/mol. The number of hydrogen-bond donors (Lipinski definition) is 1. The Hall–Kier alpha value is -2.16. The van der Waals surface area contributed by atoms with Crippen LogP contribution in [-0.2, 0) is 0 Å². The Morgan fingerprint density at radius 3 is 2.44 bits per heavy atom. The minimum Gasteiger partial charge on any atom is -0.391 e. The van der Waals surface area contributed by atoms with Gasteiger partial charge in [0.2, 0.25) is 0 Å². The Balaban J connectivity index is 1.76. The van der Waals surface area contributed by atoms with E-state index in [9.17, 15) is 14.7 Å². The van der Waals surface area contributed by atoms with Gasteiger partial charge in [-0.1, -0.05) is 34.8 Å². The monoisotopic (exact) mass is 509 g/mol. The maximum Gasteiger partial charge on any atom is 0.273 e. The molecule has 32 heavy (non-hydrogen) atoms. The molecule has 0 radical (unpaired) electrons. The Morgan fingerprint density at radius 1 is 1.12 bits per heavy atom. The molecule has 0 bridgehead atoms. The molecule has 0 spiro atoms. The number of hydrogen-bond acceptors (Lipinski definition) is 5. The van der Waals surface area contributed by atoms with E-state index in [4.69, 9.17) is 34.8 Å². The van der Waals surface area contributed by atoms with Crippen molar-refractivity contribution in [2.75, 3.05) is 18.0 Å². The molecule has 1 fully saturated rings. The molecule has 6 nitrogen and oxygen atoms in total. The Kier molecular flexibility index (Phi) is 6.74. The summed E-state index contributed by atoms with van der Waals surface area (Å²) in [6.45, 7) is 2.51. The molecular formula is C22H18Cl3N3O3S. The summed E-state index contributed by atoms with van der Waals surface area (Å²) in [5.74, 6) is -0.687. The van der Waals surface area contributed by atoms with Gasteiger partial charge in [0.15, 0.2) is 5.13 Å². The molecule has 2 amide bonds. The van der Waals surface area contributed by atoms with Crippen LogP contribution in [0.25, 0.3) is 0 Å². The predicted molar refractivity (Wildman–Crippen MR) is 128 cm³/mol. The summed E-state index contributed by atoms with van der Waals surface area (Å²) >= 11 is 19.5. The third-order valence-corrected chi connectivity index (χ3v) is 6.83. The summed E-state index contributed by atoms with van der Waals surface area (Å²) in [6.07, 6.45) is 0.00299. The number of halogens is 3. The van der Waals surface area contributed by atoms with E-state index in [1.165, 1.54) is 22.3 Å². The van der Waals surface area contributed by atoms with Crippen LogP contribution in [0.1, 0.15) is 32.1 Å². The van der Waals surface area contributed by atoms with Crippen molar-refractivity contribution < 1.29 is 14.7 Å². The molecule has 3 aromatic rings. The van der Waals surface area contributed by atoms with Crippen molar-refractivity contribution in [1.29, 1.82) is 0 Å². The standard InChI is InChI=1S/C22H18Cl3N3O3S/c1-12-19(21(31)27-9-8-16(29)11-27)26-22(32-12)28(15-5-2-13(23)3-6-15)20(30)17-7-4-14(24)10-18(17)25/h2-7,10,16,29H,8-9,11H2,1H3/t16-/m0/s1.